The van der Waals surface area contributed by atoms with Gasteiger partial charge in [0.05, 0.1) is 11.4 Å². The molecule has 90 valence electrons. The molecule has 1 amide bonds. The van der Waals surface area contributed by atoms with Gasteiger partial charge in [-0.15, -0.1) is 0 Å². The lowest BCUT2D eigenvalue weighted by Crippen LogP contribution is -2.26. The highest BCUT2D eigenvalue weighted by atomic mass is 36.0. The minimum atomic E-state index is -2.92. The van der Waals surface area contributed by atoms with Gasteiger partial charge in [0.1, 0.15) is 5.29 Å². The van der Waals surface area contributed by atoms with Crippen LogP contribution in [0.25, 0.3) is 0 Å². The fourth-order valence-electron chi connectivity index (χ4n) is 1.53. The monoisotopic (exact) mass is 308 g/mol. The second kappa shape index (κ2) is 4.66. The summed E-state index contributed by atoms with van der Waals surface area (Å²) in [6.07, 6.45) is 0. The highest BCUT2D eigenvalue weighted by Gasteiger charge is 2.34. The quantitative estimate of drug-likeness (QED) is 0.720. The number of hydrogen-bond acceptors (Lipinski definition) is 2. The van der Waals surface area contributed by atoms with E-state index in [1.165, 1.54) is 5.01 Å². The number of amides is 1. The van der Waals surface area contributed by atoms with Crippen molar-refractivity contribution in [1.29, 1.82) is 0 Å². The molecule has 1 heterocycles. The molecule has 0 unspecified atom stereocenters. The topological polar surface area (TPSA) is 32.7 Å². The van der Waals surface area contributed by atoms with Crippen molar-refractivity contribution in [2.24, 2.45) is 5.10 Å². The van der Waals surface area contributed by atoms with E-state index in [2.05, 4.69) is 5.10 Å². The van der Waals surface area contributed by atoms with Gasteiger partial charge < -0.3 is 0 Å². The molecule has 17 heavy (non-hydrogen) atoms. The summed E-state index contributed by atoms with van der Waals surface area (Å²) < 4.78 is 0. The Kier molecular flexibility index (Phi) is 3.55. The molecular formula is C10H8Cl3N2OP. The Balaban J connectivity index is 2.49. The molecule has 0 saturated carbocycles. The van der Waals surface area contributed by atoms with Crippen molar-refractivity contribution in [2.45, 2.75) is 6.92 Å². The number of para-hydroxylation sites is 1. The second-order valence-corrected chi connectivity index (χ2v) is 10.9. The molecule has 0 aliphatic carbocycles. The van der Waals surface area contributed by atoms with Crippen molar-refractivity contribution >= 4 is 61.3 Å². The molecule has 0 aromatic heterocycles. The van der Waals surface area contributed by atoms with Crippen molar-refractivity contribution < 1.29 is 4.79 Å². The SMILES string of the molecule is CC1=NN(c2ccccc2)C(=O)C1=P(Cl)(Cl)Cl. The first-order chi connectivity index (χ1) is 7.91. The summed E-state index contributed by atoms with van der Waals surface area (Å²) in [5, 5.41) is 5.58. The summed E-state index contributed by atoms with van der Waals surface area (Å²) in [7, 11) is 0. The maximum Gasteiger partial charge on any atom is 0.284 e. The average Bonchev–Trinajstić information content (AvgIpc) is 2.54. The molecule has 7 heteroatoms. The maximum atomic E-state index is 12.1. The standard InChI is InChI=1S/C10H8Cl3N2OP/c1-7-9(17(11,12)13)10(16)15(14-7)8-5-3-2-4-6-8/h2-6H,1H3. The molecule has 1 aliphatic rings. The summed E-state index contributed by atoms with van der Waals surface area (Å²) in [4.78, 5) is 9.19. The molecule has 1 aromatic rings. The van der Waals surface area contributed by atoms with Crippen LogP contribution in [0.3, 0.4) is 0 Å². The van der Waals surface area contributed by atoms with Crippen LogP contribution in [0.15, 0.2) is 35.4 Å². The predicted octanol–water partition coefficient (Wildman–Crippen LogP) is 4.06. The van der Waals surface area contributed by atoms with Crippen LogP contribution in [0.5, 0.6) is 0 Å². The van der Waals surface area contributed by atoms with E-state index in [1.807, 2.05) is 18.2 Å². The first-order valence-corrected chi connectivity index (χ1v) is 9.22. The van der Waals surface area contributed by atoms with Crippen LogP contribution >= 0.6 is 38.7 Å². The van der Waals surface area contributed by atoms with Gasteiger partial charge in [0, 0.05) is 0 Å². The number of benzene rings is 1. The van der Waals surface area contributed by atoms with Crippen LogP contribution in [0.1, 0.15) is 6.92 Å². The number of hydrazone groups is 1. The third kappa shape index (κ3) is 2.53. The molecule has 0 N–H and O–H groups in total. The lowest BCUT2D eigenvalue weighted by molar-refractivity contribution is -0.112. The highest BCUT2D eigenvalue weighted by molar-refractivity contribution is 8.32. The van der Waals surface area contributed by atoms with Gasteiger partial charge in [-0.3, -0.25) is 4.79 Å². The van der Waals surface area contributed by atoms with Gasteiger partial charge >= 0.3 is 0 Å². The zero-order chi connectivity index (χ0) is 12.6. The molecule has 1 aliphatic heterocycles. The predicted molar refractivity (Wildman–Crippen MR) is 76.5 cm³/mol. The smallest absolute Gasteiger partial charge is 0.266 e. The van der Waals surface area contributed by atoms with Gasteiger partial charge in [0.15, 0.2) is 4.94 Å². The molecule has 0 saturated heterocycles. The van der Waals surface area contributed by atoms with Gasteiger partial charge in [-0.05, 0) is 19.1 Å². The number of nitrogens with zero attached hydrogens (tertiary/aromatic N) is 2. The van der Waals surface area contributed by atoms with Crippen LogP contribution in [0, 0.1) is 0 Å². The minimum Gasteiger partial charge on any atom is -0.266 e. The first-order valence-electron chi connectivity index (χ1n) is 4.72. The van der Waals surface area contributed by atoms with Gasteiger partial charge in [-0.25, -0.2) is 0 Å². The van der Waals surface area contributed by atoms with E-state index in [0.717, 1.165) is 0 Å². The summed E-state index contributed by atoms with van der Waals surface area (Å²) in [5.41, 5.74) is 1.12. The zero-order valence-corrected chi connectivity index (χ0v) is 11.9. The Labute approximate surface area is 113 Å². The molecule has 1 aromatic carbocycles. The molecule has 0 bridgehead atoms. The molecule has 3 nitrogen and oxygen atoms in total. The molecule has 0 radical (unpaired) electrons. The van der Waals surface area contributed by atoms with E-state index in [0.29, 0.717) is 11.4 Å². The van der Waals surface area contributed by atoms with Crippen LogP contribution in [0.4, 0.5) is 5.69 Å². The van der Waals surface area contributed by atoms with Gasteiger partial charge in [0.25, 0.3) is 5.91 Å². The van der Waals surface area contributed by atoms with Crippen molar-refractivity contribution in [3.8, 4) is 0 Å². The van der Waals surface area contributed by atoms with E-state index in [1.54, 1.807) is 19.1 Å². The van der Waals surface area contributed by atoms with Gasteiger partial charge in [-0.2, -0.15) is 10.1 Å². The number of carbonyl (C=O) groups is 1. The van der Waals surface area contributed by atoms with E-state index < -0.39 is 4.94 Å². The molecule has 0 fully saturated rings. The Morgan fingerprint density at radius 2 is 1.76 bits per heavy atom. The lowest BCUT2D eigenvalue weighted by Gasteiger charge is -2.11. The number of carbonyl (C=O) groups excluding carboxylic acids is 1. The molecule has 0 spiro atoms. The summed E-state index contributed by atoms with van der Waals surface area (Å²) >= 11 is 17.6. The van der Waals surface area contributed by atoms with Crippen LogP contribution in [-0.4, -0.2) is 16.9 Å². The van der Waals surface area contributed by atoms with Gasteiger partial charge in [-0.1, -0.05) is 51.9 Å². The van der Waals surface area contributed by atoms with Crippen molar-refractivity contribution in [3.05, 3.63) is 30.3 Å². The average molecular weight is 310 g/mol. The third-order valence-electron chi connectivity index (χ3n) is 2.24. The Morgan fingerprint density at radius 3 is 2.24 bits per heavy atom. The van der Waals surface area contributed by atoms with Crippen LogP contribution < -0.4 is 5.01 Å². The lowest BCUT2D eigenvalue weighted by atomic mass is 10.3. The van der Waals surface area contributed by atoms with Crippen molar-refractivity contribution in [1.82, 2.24) is 0 Å². The molecule has 0 atom stereocenters. The fourth-order valence-corrected chi connectivity index (χ4v) is 4.01. The van der Waals surface area contributed by atoms with E-state index in [-0.39, 0.29) is 11.2 Å². The van der Waals surface area contributed by atoms with Crippen molar-refractivity contribution in [3.63, 3.8) is 0 Å². The number of anilines is 1. The number of rotatable bonds is 1. The van der Waals surface area contributed by atoms with E-state index in [9.17, 15) is 4.79 Å². The number of halogens is 3. The van der Waals surface area contributed by atoms with E-state index >= 15 is 0 Å². The normalized spacial score (nSPS) is 16.5. The third-order valence-corrected chi connectivity index (χ3v) is 4.79. The number of hydrogen-bond donors (Lipinski definition) is 0. The van der Waals surface area contributed by atoms with E-state index in [4.69, 9.17) is 33.7 Å². The molecular weight excluding hydrogens is 301 g/mol. The summed E-state index contributed by atoms with van der Waals surface area (Å²) in [5.74, 6) is -0.359. The fraction of sp³-hybridized carbons (Fsp3) is 0.100. The Morgan fingerprint density at radius 1 is 1.18 bits per heavy atom. The Bertz CT molecular complexity index is 542. The van der Waals surface area contributed by atoms with Crippen LogP contribution in [-0.2, 0) is 4.79 Å². The van der Waals surface area contributed by atoms with Gasteiger partial charge in [0.2, 0.25) is 0 Å². The first kappa shape index (κ1) is 13.0. The summed E-state index contributed by atoms with van der Waals surface area (Å²) in [6.45, 7) is 1.66. The van der Waals surface area contributed by atoms with Crippen molar-refractivity contribution in [2.75, 3.05) is 5.01 Å². The molecule has 2 rings (SSSR count). The largest absolute Gasteiger partial charge is 0.284 e. The summed E-state index contributed by atoms with van der Waals surface area (Å²) in [6, 6.07) is 9.03. The maximum absolute atomic E-state index is 12.1. The highest BCUT2D eigenvalue weighted by Crippen LogP contribution is 2.65. The zero-order valence-electron chi connectivity index (χ0n) is 8.77. The minimum absolute atomic E-state index is 0.200. The van der Waals surface area contributed by atoms with Crippen LogP contribution in [0.2, 0.25) is 0 Å². The Hall–Kier alpha value is -0.470. The second-order valence-electron chi connectivity index (χ2n) is 3.43.